The van der Waals surface area contributed by atoms with E-state index in [9.17, 15) is 4.79 Å². The predicted octanol–water partition coefficient (Wildman–Crippen LogP) is 3.37. The summed E-state index contributed by atoms with van der Waals surface area (Å²) in [5.74, 6) is 0.760. The summed E-state index contributed by atoms with van der Waals surface area (Å²) in [6.45, 7) is 0.307. The van der Waals surface area contributed by atoms with Gasteiger partial charge in [-0.3, -0.25) is 9.36 Å². The molecule has 112 valence electrons. The third-order valence-electron chi connectivity index (χ3n) is 3.07. The number of anilines is 1. The average Bonchev–Trinajstić information content (AvgIpc) is 3.14. The van der Waals surface area contributed by atoms with Crippen LogP contribution in [0.4, 0.5) is 5.82 Å². The van der Waals surface area contributed by atoms with Crippen LogP contribution in [0.25, 0.3) is 5.69 Å². The summed E-state index contributed by atoms with van der Waals surface area (Å²) in [7, 11) is 0. The van der Waals surface area contributed by atoms with Gasteiger partial charge in [0, 0.05) is 5.69 Å². The minimum atomic E-state index is -0.264. The van der Waals surface area contributed by atoms with Gasteiger partial charge < -0.3 is 15.5 Å². The van der Waals surface area contributed by atoms with Gasteiger partial charge in [0.2, 0.25) is 0 Å². The number of nitrogen functional groups attached to an aromatic ring is 1. The topological polar surface area (TPSA) is 73.2 Å². The number of aromatic nitrogens is 1. The molecule has 0 saturated carbocycles. The van der Waals surface area contributed by atoms with Crippen molar-refractivity contribution in [2.75, 3.05) is 5.73 Å². The first-order valence-electron chi connectivity index (χ1n) is 6.54. The van der Waals surface area contributed by atoms with E-state index in [-0.39, 0.29) is 5.91 Å². The number of amides is 1. The summed E-state index contributed by atoms with van der Waals surface area (Å²) in [5, 5.41) is 2.77. The lowest BCUT2D eigenvalue weighted by Crippen LogP contribution is -2.22. The van der Waals surface area contributed by atoms with Crippen LogP contribution in [0.5, 0.6) is 0 Å². The summed E-state index contributed by atoms with van der Waals surface area (Å²) in [5.41, 5.74) is 6.95. The van der Waals surface area contributed by atoms with E-state index >= 15 is 0 Å². The highest BCUT2D eigenvalue weighted by atomic mass is 32.1. The summed E-state index contributed by atoms with van der Waals surface area (Å²) in [6, 6.07) is 13.0. The molecule has 0 fully saturated rings. The first-order chi connectivity index (χ1) is 10.7. The molecule has 1 amide bonds. The lowest BCUT2D eigenvalue weighted by molar-refractivity contribution is 0.0952. The first kappa shape index (κ1) is 14.6. The van der Waals surface area contributed by atoms with Crippen LogP contribution in [-0.2, 0) is 6.54 Å². The molecule has 3 aromatic rings. The lowest BCUT2D eigenvalue weighted by atomic mass is 10.3. The minimum Gasteiger partial charge on any atom is -0.467 e. The zero-order chi connectivity index (χ0) is 15.5. The number of para-hydroxylation sites is 1. The highest BCUT2D eigenvalue weighted by molar-refractivity contribution is 7.73. The average molecular weight is 331 g/mol. The second kappa shape index (κ2) is 6.17. The number of rotatable bonds is 4. The summed E-state index contributed by atoms with van der Waals surface area (Å²) in [4.78, 5) is 12.7. The van der Waals surface area contributed by atoms with Gasteiger partial charge in [0.25, 0.3) is 5.91 Å². The van der Waals surface area contributed by atoms with Gasteiger partial charge in [0.15, 0.2) is 3.95 Å². The number of thiazole rings is 1. The Bertz CT molecular complexity index is 836. The van der Waals surface area contributed by atoms with Crippen LogP contribution < -0.4 is 11.1 Å². The molecule has 0 radical (unpaired) electrons. The molecule has 0 aliphatic heterocycles. The Morgan fingerprint density at radius 2 is 2.05 bits per heavy atom. The Labute approximate surface area is 136 Å². The van der Waals surface area contributed by atoms with Crippen molar-refractivity contribution >= 4 is 35.3 Å². The standard InChI is InChI=1S/C15H13N3O2S2/c16-13-12(14(19)17-9-11-7-4-8-20-11)22-15(21)18(13)10-5-2-1-3-6-10/h1-8H,9,16H2,(H,17,19). The van der Waals surface area contributed by atoms with Gasteiger partial charge in [-0.1, -0.05) is 29.5 Å². The molecule has 0 aliphatic rings. The van der Waals surface area contributed by atoms with Crippen molar-refractivity contribution in [3.05, 3.63) is 63.3 Å². The number of hydrogen-bond donors (Lipinski definition) is 2. The SMILES string of the molecule is Nc1c(C(=O)NCc2ccco2)sc(=S)n1-c1ccccc1. The van der Waals surface area contributed by atoms with Crippen LogP contribution in [0, 0.1) is 3.95 Å². The fraction of sp³-hybridized carbons (Fsp3) is 0.0667. The molecule has 2 heterocycles. The maximum absolute atomic E-state index is 12.3. The summed E-state index contributed by atoms with van der Waals surface area (Å²) in [6.07, 6.45) is 1.56. The molecule has 0 saturated heterocycles. The molecular formula is C15H13N3O2S2. The molecule has 3 rings (SSSR count). The quantitative estimate of drug-likeness (QED) is 0.719. The number of hydrogen-bond acceptors (Lipinski definition) is 5. The number of nitrogens with two attached hydrogens (primary N) is 1. The van der Waals surface area contributed by atoms with Crippen LogP contribution in [0.1, 0.15) is 15.4 Å². The Hall–Kier alpha value is -2.38. The Morgan fingerprint density at radius 1 is 1.27 bits per heavy atom. The van der Waals surface area contributed by atoms with Crippen molar-refractivity contribution in [2.45, 2.75) is 6.54 Å². The van der Waals surface area contributed by atoms with Crippen molar-refractivity contribution in [2.24, 2.45) is 0 Å². The van der Waals surface area contributed by atoms with E-state index in [0.717, 1.165) is 5.69 Å². The zero-order valence-electron chi connectivity index (χ0n) is 11.5. The smallest absolute Gasteiger partial charge is 0.265 e. The molecule has 0 bridgehead atoms. The number of carbonyl (C=O) groups excluding carboxylic acids is 1. The molecule has 0 unspecified atom stereocenters. The number of nitrogens with one attached hydrogen (secondary N) is 1. The van der Waals surface area contributed by atoms with Crippen molar-refractivity contribution in [1.29, 1.82) is 0 Å². The van der Waals surface area contributed by atoms with E-state index < -0.39 is 0 Å². The molecule has 3 N–H and O–H groups in total. The normalized spacial score (nSPS) is 10.5. The lowest BCUT2D eigenvalue weighted by Gasteiger charge is -2.06. The molecule has 0 spiro atoms. The van der Waals surface area contributed by atoms with E-state index in [2.05, 4.69) is 5.32 Å². The Kier molecular flexibility index (Phi) is 4.08. The van der Waals surface area contributed by atoms with E-state index in [1.54, 1.807) is 23.0 Å². The maximum atomic E-state index is 12.3. The maximum Gasteiger partial charge on any atom is 0.265 e. The zero-order valence-corrected chi connectivity index (χ0v) is 13.1. The van der Waals surface area contributed by atoms with Gasteiger partial charge in [-0.15, -0.1) is 0 Å². The van der Waals surface area contributed by atoms with Crippen LogP contribution in [-0.4, -0.2) is 10.5 Å². The highest BCUT2D eigenvalue weighted by Gasteiger charge is 2.18. The van der Waals surface area contributed by atoms with Crippen molar-refractivity contribution in [3.63, 3.8) is 0 Å². The van der Waals surface area contributed by atoms with E-state index in [0.29, 0.717) is 27.0 Å². The molecule has 22 heavy (non-hydrogen) atoms. The number of nitrogens with zero attached hydrogens (tertiary/aromatic N) is 1. The molecule has 0 aliphatic carbocycles. The molecule has 0 atom stereocenters. The van der Waals surface area contributed by atoms with Crippen molar-refractivity contribution in [3.8, 4) is 5.69 Å². The minimum absolute atomic E-state index is 0.264. The Morgan fingerprint density at radius 3 is 2.73 bits per heavy atom. The number of furan rings is 1. The van der Waals surface area contributed by atoms with Gasteiger partial charge in [-0.05, 0) is 36.5 Å². The monoisotopic (exact) mass is 331 g/mol. The fourth-order valence-corrected chi connectivity index (χ4v) is 3.31. The van der Waals surface area contributed by atoms with E-state index in [4.69, 9.17) is 22.4 Å². The van der Waals surface area contributed by atoms with Crippen LogP contribution in [0.2, 0.25) is 0 Å². The van der Waals surface area contributed by atoms with Crippen molar-refractivity contribution in [1.82, 2.24) is 9.88 Å². The van der Waals surface area contributed by atoms with Crippen molar-refractivity contribution < 1.29 is 9.21 Å². The van der Waals surface area contributed by atoms with Gasteiger partial charge in [0.05, 0.1) is 12.8 Å². The Balaban J connectivity index is 1.86. The molecule has 2 aromatic heterocycles. The second-order valence-corrected chi connectivity index (χ2v) is 6.16. The van der Waals surface area contributed by atoms with Gasteiger partial charge in [0.1, 0.15) is 16.5 Å². The van der Waals surface area contributed by atoms with E-state index in [1.807, 2.05) is 30.3 Å². The largest absolute Gasteiger partial charge is 0.467 e. The third-order valence-corrected chi connectivity index (χ3v) is 4.46. The number of carbonyl (C=O) groups is 1. The van der Waals surface area contributed by atoms with Gasteiger partial charge in [-0.25, -0.2) is 0 Å². The molecular weight excluding hydrogens is 318 g/mol. The second-order valence-electron chi connectivity index (χ2n) is 4.52. The van der Waals surface area contributed by atoms with Gasteiger partial charge in [-0.2, -0.15) is 0 Å². The summed E-state index contributed by atoms with van der Waals surface area (Å²) >= 11 is 6.52. The highest BCUT2D eigenvalue weighted by Crippen LogP contribution is 2.26. The van der Waals surface area contributed by atoms with E-state index in [1.165, 1.54) is 11.3 Å². The van der Waals surface area contributed by atoms with Crippen LogP contribution >= 0.6 is 23.6 Å². The third kappa shape index (κ3) is 2.81. The molecule has 5 nitrogen and oxygen atoms in total. The summed E-state index contributed by atoms with van der Waals surface area (Å²) < 4.78 is 7.41. The molecule has 1 aromatic carbocycles. The predicted molar refractivity (Wildman–Crippen MR) is 88.8 cm³/mol. The van der Waals surface area contributed by atoms with Crippen LogP contribution in [0.15, 0.2) is 53.1 Å². The van der Waals surface area contributed by atoms with Crippen LogP contribution in [0.3, 0.4) is 0 Å². The first-order valence-corrected chi connectivity index (χ1v) is 7.76. The number of benzene rings is 1. The molecule has 7 heteroatoms. The van der Waals surface area contributed by atoms with Gasteiger partial charge >= 0.3 is 0 Å². The fourth-order valence-electron chi connectivity index (χ4n) is 2.03.